The highest BCUT2D eigenvalue weighted by molar-refractivity contribution is 6.01. The quantitative estimate of drug-likeness (QED) is 0.778. The van der Waals surface area contributed by atoms with Crippen molar-refractivity contribution in [2.75, 3.05) is 6.54 Å². The minimum atomic E-state index is -0.849. The van der Waals surface area contributed by atoms with Crippen LogP contribution in [0.3, 0.4) is 0 Å². The second kappa shape index (κ2) is 7.78. The second-order valence-corrected chi connectivity index (χ2v) is 9.21. The summed E-state index contributed by atoms with van der Waals surface area (Å²) in [5.74, 6) is -1.19. The lowest BCUT2D eigenvalue weighted by Gasteiger charge is -2.35. The van der Waals surface area contributed by atoms with Gasteiger partial charge in [0.2, 0.25) is 5.91 Å². The summed E-state index contributed by atoms with van der Waals surface area (Å²) in [6, 6.07) is 5.77. The molecule has 1 saturated heterocycles. The standard InChI is InChI=1S/C22H30N2O5/c1-13(2)18(24-11-14-8-6-7-9-16(14)19(24)26)20(27)23-12-15(25)10-17(23)21(28)29-22(3,4)5/h6-9,13,15,17-18,25H,10-12H2,1-5H3/t15-,17+,18?/m1/s1. The van der Waals surface area contributed by atoms with Gasteiger partial charge in [0.05, 0.1) is 6.10 Å². The molecule has 7 nitrogen and oxygen atoms in total. The van der Waals surface area contributed by atoms with E-state index < -0.39 is 29.8 Å². The van der Waals surface area contributed by atoms with Crippen molar-refractivity contribution in [3.63, 3.8) is 0 Å². The van der Waals surface area contributed by atoms with Gasteiger partial charge < -0.3 is 19.6 Å². The van der Waals surface area contributed by atoms with Crippen molar-refractivity contribution in [1.29, 1.82) is 0 Å². The predicted octanol–water partition coefficient (Wildman–Crippen LogP) is 1.97. The van der Waals surface area contributed by atoms with Gasteiger partial charge in [-0.15, -0.1) is 0 Å². The fourth-order valence-electron chi connectivity index (χ4n) is 4.10. The molecule has 1 fully saturated rings. The Morgan fingerprint density at radius 2 is 1.86 bits per heavy atom. The molecule has 0 saturated carbocycles. The molecule has 7 heteroatoms. The number of aliphatic hydroxyl groups is 1. The van der Waals surface area contributed by atoms with Crippen molar-refractivity contribution < 1.29 is 24.2 Å². The van der Waals surface area contributed by atoms with Crippen LogP contribution in [0, 0.1) is 5.92 Å². The van der Waals surface area contributed by atoms with E-state index in [0.29, 0.717) is 12.1 Å². The summed E-state index contributed by atoms with van der Waals surface area (Å²) >= 11 is 0. The van der Waals surface area contributed by atoms with Crippen LogP contribution in [-0.2, 0) is 20.9 Å². The fraction of sp³-hybridized carbons (Fsp3) is 0.591. The number of ether oxygens (including phenoxy) is 1. The maximum Gasteiger partial charge on any atom is 0.329 e. The summed E-state index contributed by atoms with van der Waals surface area (Å²) in [6.07, 6.45) is -0.657. The van der Waals surface area contributed by atoms with Crippen LogP contribution in [0.4, 0.5) is 0 Å². The van der Waals surface area contributed by atoms with E-state index in [2.05, 4.69) is 0 Å². The minimum absolute atomic E-state index is 0.0565. The SMILES string of the molecule is CC(C)C(C(=O)N1C[C@H](O)C[C@H]1C(=O)OC(C)(C)C)N1Cc2ccccc2C1=O. The third-order valence-electron chi connectivity index (χ3n) is 5.31. The molecule has 0 aromatic heterocycles. The Morgan fingerprint density at radius 3 is 2.45 bits per heavy atom. The third kappa shape index (κ3) is 4.29. The number of rotatable bonds is 4. The maximum absolute atomic E-state index is 13.5. The summed E-state index contributed by atoms with van der Waals surface area (Å²) in [4.78, 5) is 42.1. The highest BCUT2D eigenvalue weighted by Gasteiger charge is 2.46. The lowest BCUT2D eigenvalue weighted by molar-refractivity contribution is -0.164. The Balaban J connectivity index is 1.85. The van der Waals surface area contributed by atoms with Gasteiger partial charge in [-0.2, -0.15) is 0 Å². The highest BCUT2D eigenvalue weighted by Crippen LogP contribution is 2.30. The molecule has 1 unspecified atom stereocenters. The average molecular weight is 402 g/mol. The van der Waals surface area contributed by atoms with Gasteiger partial charge in [0, 0.05) is 25.1 Å². The molecule has 2 aliphatic rings. The molecular formula is C22H30N2O5. The molecule has 1 N–H and O–H groups in total. The van der Waals surface area contributed by atoms with E-state index in [1.165, 1.54) is 4.90 Å². The van der Waals surface area contributed by atoms with Crippen LogP contribution >= 0.6 is 0 Å². The van der Waals surface area contributed by atoms with Crippen LogP contribution in [0.15, 0.2) is 24.3 Å². The average Bonchev–Trinajstić information content (AvgIpc) is 3.15. The molecular weight excluding hydrogens is 372 g/mol. The Bertz CT molecular complexity index is 814. The number of hydrogen-bond acceptors (Lipinski definition) is 5. The molecule has 3 atom stereocenters. The lowest BCUT2D eigenvalue weighted by atomic mass is 10.0. The number of aliphatic hydroxyl groups excluding tert-OH is 1. The summed E-state index contributed by atoms with van der Waals surface area (Å²) in [5.41, 5.74) is 0.806. The topological polar surface area (TPSA) is 87.2 Å². The van der Waals surface area contributed by atoms with E-state index in [-0.39, 0.29) is 30.7 Å². The first-order valence-corrected chi connectivity index (χ1v) is 10.1. The van der Waals surface area contributed by atoms with Gasteiger partial charge in [-0.1, -0.05) is 32.0 Å². The molecule has 158 valence electrons. The Hall–Kier alpha value is -2.41. The normalized spacial score (nSPS) is 22.8. The fourth-order valence-corrected chi connectivity index (χ4v) is 4.10. The van der Waals surface area contributed by atoms with Crippen molar-refractivity contribution in [2.45, 2.75) is 71.4 Å². The Morgan fingerprint density at radius 1 is 1.21 bits per heavy atom. The van der Waals surface area contributed by atoms with Crippen LogP contribution in [0.2, 0.25) is 0 Å². The van der Waals surface area contributed by atoms with Crippen molar-refractivity contribution in [3.8, 4) is 0 Å². The third-order valence-corrected chi connectivity index (χ3v) is 5.31. The summed E-state index contributed by atoms with van der Waals surface area (Å²) in [5, 5.41) is 10.2. The first kappa shape index (κ1) is 21.3. The molecule has 0 bridgehead atoms. The minimum Gasteiger partial charge on any atom is -0.458 e. The zero-order valence-electron chi connectivity index (χ0n) is 17.7. The molecule has 2 heterocycles. The Kier molecular flexibility index (Phi) is 5.72. The number of carbonyl (C=O) groups is 3. The van der Waals surface area contributed by atoms with Gasteiger partial charge in [-0.3, -0.25) is 9.59 Å². The molecule has 0 spiro atoms. The maximum atomic E-state index is 13.5. The van der Waals surface area contributed by atoms with Crippen LogP contribution in [-0.4, -0.2) is 63.0 Å². The van der Waals surface area contributed by atoms with E-state index in [1.807, 2.05) is 32.0 Å². The second-order valence-electron chi connectivity index (χ2n) is 9.21. The van der Waals surface area contributed by atoms with Crippen LogP contribution in [0.25, 0.3) is 0 Å². The Labute approximate surface area is 171 Å². The van der Waals surface area contributed by atoms with Crippen LogP contribution in [0.1, 0.15) is 57.0 Å². The summed E-state index contributed by atoms with van der Waals surface area (Å²) < 4.78 is 5.46. The number of esters is 1. The molecule has 3 rings (SSSR count). The summed E-state index contributed by atoms with van der Waals surface area (Å²) in [7, 11) is 0. The molecule has 2 aliphatic heterocycles. The molecule has 0 aliphatic carbocycles. The molecule has 29 heavy (non-hydrogen) atoms. The summed E-state index contributed by atoms with van der Waals surface area (Å²) in [6.45, 7) is 9.47. The van der Waals surface area contributed by atoms with Crippen molar-refractivity contribution in [1.82, 2.24) is 9.80 Å². The number of carbonyl (C=O) groups excluding carboxylic acids is 3. The predicted molar refractivity (Wildman–Crippen MR) is 107 cm³/mol. The van der Waals surface area contributed by atoms with Gasteiger partial charge in [-0.05, 0) is 38.3 Å². The lowest BCUT2D eigenvalue weighted by Crippen LogP contribution is -2.54. The van der Waals surface area contributed by atoms with E-state index in [1.54, 1.807) is 31.7 Å². The number of hydrogen-bond donors (Lipinski definition) is 1. The van der Waals surface area contributed by atoms with Gasteiger partial charge in [-0.25, -0.2) is 4.79 Å². The monoisotopic (exact) mass is 402 g/mol. The van der Waals surface area contributed by atoms with E-state index in [0.717, 1.165) is 5.56 Å². The smallest absolute Gasteiger partial charge is 0.329 e. The number of fused-ring (bicyclic) bond motifs is 1. The van der Waals surface area contributed by atoms with Crippen molar-refractivity contribution >= 4 is 17.8 Å². The molecule has 1 aromatic rings. The largest absolute Gasteiger partial charge is 0.458 e. The zero-order valence-corrected chi connectivity index (χ0v) is 17.7. The van der Waals surface area contributed by atoms with Gasteiger partial charge >= 0.3 is 5.97 Å². The van der Waals surface area contributed by atoms with Crippen LogP contribution < -0.4 is 0 Å². The number of likely N-dealkylation sites (tertiary alicyclic amines) is 1. The number of amides is 2. The van der Waals surface area contributed by atoms with Crippen molar-refractivity contribution in [2.24, 2.45) is 5.92 Å². The highest BCUT2D eigenvalue weighted by atomic mass is 16.6. The number of β-amino-alcohol motifs (C(OH)–C–C–N with tert-alkyl or cyclic N) is 1. The van der Waals surface area contributed by atoms with Crippen molar-refractivity contribution in [3.05, 3.63) is 35.4 Å². The van der Waals surface area contributed by atoms with E-state index in [9.17, 15) is 19.5 Å². The molecule has 2 amide bonds. The first-order chi connectivity index (χ1) is 13.5. The zero-order chi connectivity index (χ0) is 21.5. The van der Waals surface area contributed by atoms with Gasteiger partial charge in [0.1, 0.15) is 17.7 Å². The van der Waals surface area contributed by atoms with Crippen LogP contribution in [0.5, 0.6) is 0 Å². The van der Waals surface area contributed by atoms with E-state index in [4.69, 9.17) is 4.74 Å². The first-order valence-electron chi connectivity index (χ1n) is 10.1. The van der Waals surface area contributed by atoms with E-state index >= 15 is 0 Å². The van der Waals surface area contributed by atoms with Gasteiger partial charge in [0.25, 0.3) is 5.91 Å². The van der Waals surface area contributed by atoms with Gasteiger partial charge in [0.15, 0.2) is 0 Å². The molecule has 1 aromatic carbocycles. The number of benzene rings is 1. The number of nitrogens with zero attached hydrogens (tertiary/aromatic N) is 2. The molecule has 0 radical (unpaired) electrons.